The Morgan fingerprint density at radius 2 is 1.83 bits per heavy atom. The maximum atomic E-state index is 12.4. The number of phenolic OH excluding ortho intramolecular Hbond substituents is 1. The molecule has 4 rings (SSSR count). The first-order valence-corrected chi connectivity index (χ1v) is 10.0. The number of nitrogens with zero attached hydrogens (tertiary/aromatic N) is 1. The van der Waals surface area contributed by atoms with E-state index in [9.17, 15) is 9.90 Å². The van der Waals surface area contributed by atoms with Crippen LogP contribution in [-0.2, 0) is 6.54 Å². The molecule has 0 aromatic heterocycles. The summed E-state index contributed by atoms with van der Waals surface area (Å²) in [7, 11) is 0. The third kappa shape index (κ3) is 4.51. The van der Waals surface area contributed by atoms with Gasteiger partial charge in [-0.2, -0.15) is 5.10 Å². The van der Waals surface area contributed by atoms with Gasteiger partial charge in [-0.25, -0.2) is 5.43 Å². The van der Waals surface area contributed by atoms with Crippen LogP contribution in [0.4, 0.5) is 0 Å². The maximum absolute atomic E-state index is 12.4. The van der Waals surface area contributed by atoms with Gasteiger partial charge in [-0.1, -0.05) is 0 Å². The first-order valence-electron chi connectivity index (χ1n) is 10.0. The van der Waals surface area contributed by atoms with Gasteiger partial charge in [0.25, 0.3) is 5.91 Å². The van der Waals surface area contributed by atoms with Gasteiger partial charge in [0.05, 0.1) is 18.8 Å². The second kappa shape index (κ2) is 8.53. The van der Waals surface area contributed by atoms with Crippen molar-refractivity contribution in [2.45, 2.75) is 32.7 Å². The lowest BCUT2D eigenvalue weighted by Gasteiger charge is -2.24. The van der Waals surface area contributed by atoms with Crippen LogP contribution in [-0.4, -0.2) is 36.6 Å². The predicted molar refractivity (Wildman–Crippen MR) is 109 cm³/mol. The van der Waals surface area contributed by atoms with Crippen LogP contribution < -0.4 is 19.8 Å². The van der Waals surface area contributed by atoms with Crippen LogP contribution >= 0.6 is 0 Å². The average molecular weight is 396 g/mol. The number of fused-ring (bicyclic) bond motifs is 1. The van der Waals surface area contributed by atoms with Gasteiger partial charge in [0.15, 0.2) is 11.5 Å². The molecule has 0 unspecified atom stereocenters. The van der Waals surface area contributed by atoms with E-state index >= 15 is 0 Å². The second-order valence-electron chi connectivity index (χ2n) is 7.54. The zero-order chi connectivity index (χ0) is 20.2. The summed E-state index contributed by atoms with van der Waals surface area (Å²) in [6.07, 6.45) is 3.77. The van der Waals surface area contributed by atoms with Crippen LogP contribution in [0.1, 0.15) is 47.7 Å². The van der Waals surface area contributed by atoms with Crippen molar-refractivity contribution < 1.29 is 24.3 Å². The number of rotatable bonds is 5. The predicted octanol–water partition coefficient (Wildman–Crippen LogP) is 1.84. The van der Waals surface area contributed by atoms with Gasteiger partial charge in [0.2, 0.25) is 6.79 Å². The summed E-state index contributed by atoms with van der Waals surface area (Å²) in [5.74, 6) is 1.18. The Bertz CT molecular complexity index is 936. The van der Waals surface area contributed by atoms with Gasteiger partial charge in [0, 0.05) is 11.1 Å². The first-order chi connectivity index (χ1) is 14.1. The summed E-state index contributed by atoms with van der Waals surface area (Å²) in [6, 6.07) is 10.5. The molecule has 152 valence electrons. The van der Waals surface area contributed by atoms with Crippen LogP contribution in [0.3, 0.4) is 0 Å². The standard InChI is InChI=1S/C22H25N3O4/c1-15(23-24-22(27)17-6-8-20-21(12-17)29-14-28-20)16-5-7-19(26)18(11-16)13-25-9-3-2-4-10-25/h5-8,11-12,26H,2-4,9-10,13-14H2,1H3,(H,24,27)/p+1/b23-15+. The lowest BCUT2D eigenvalue weighted by Crippen LogP contribution is -3.11. The number of ether oxygens (including phenoxy) is 2. The number of hydrazone groups is 1. The highest BCUT2D eigenvalue weighted by Crippen LogP contribution is 2.32. The van der Waals surface area contributed by atoms with Crippen LogP contribution in [0.15, 0.2) is 41.5 Å². The Labute approximate surface area is 169 Å². The molecule has 2 aromatic carbocycles. The highest BCUT2D eigenvalue weighted by Gasteiger charge is 2.18. The molecule has 2 heterocycles. The van der Waals surface area contributed by atoms with Crippen LogP contribution in [0.2, 0.25) is 0 Å². The summed E-state index contributed by atoms with van der Waals surface area (Å²) in [5.41, 5.74) is 5.50. The molecule has 0 atom stereocenters. The van der Waals surface area contributed by atoms with Gasteiger partial charge >= 0.3 is 0 Å². The Kier molecular flexibility index (Phi) is 5.67. The molecule has 3 N–H and O–H groups in total. The molecule has 2 aliphatic heterocycles. The van der Waals surface area contributed by atoms with Crippen LogP contribution in [0.5, 0.6) is 17.2 Å². The normalized spacial score (nSPS) is 16.7. The highest BCUT2D eigenvalue weighted by atomic mass is 16.7. The smallest absolute Gasteiger partial charge is 0.271 e. The summed E-state index contributed by atoms with van der Waals surface area (Å²) < 4.78 is 10.6. The van der Waals surface area contributed by atoms with E-state index in [1.807, 2.05) is 19.1 Å². The van der Waals surface area contributed by atoms with Crippen molar-refractivity contribution in [1.29, 1.82) is 0 Å². The molecule has 0 spiro atoms. The Balaban J connectivity index is 1.44. The van der Waals surface area contributed by atoms with Crippen molar-refractivity contribution in [1.82, 2.24) is 5.43 Å². The van der Waals surface area contributed by atoms with Crippen molar-refractivity contribution in [2.24, 2.45) is 5.10 Å². The second-order valence-corrected chi connectivity index (χ2v) is 7.54. The fourth-order valence-electron chi connectivity index (χ4n) is 3.75. The molecule has 0 aliphatic carbocycles. The molecule has 2 aromatic rings. The number of amides is 1. The SMILES string of the molecule is C/C(=N\NC(=O)c1ccc2c(c1)OCO2)c1ccc(O)c(C[NH+]2CCCCC2)c1. The summed E-state index contributed by atoms with van der Waals surface area (Å²) >= 11 is 0. The number of nitrogens with one attached hydrogen (secondary N) is 2. The highest BCUT2D eigenvalue weighted by molar-refractivity contribution is 6.01. The minimum absolute atomic E-state index is 0.167. The first kappa shape index (κ1) is 19.3. The number of carbonyl (C=O) groups excluding carboxylic acids is 1. The van der Waals surface area contributed by atoms with Crippen LogP contribution in [0.25, 0.3) is 0 Å². The third-order valence-corrected chi connectivity index (χ3v) is 5.46. The Hall–Kier alpha value is -3.06. The fourth-order valence-corrected chi connectivity index (χ4v) is 3.75. The molecule has 1 fully saturated rings. The zero-order valence-corrected chi connectivity index (χ0v) is 16.5. The van der Waals surface area contributed by atoms with E-state index in [1.165, 1.54) is 24.2 Å². The molecular weight excluding hydrogens is 370 g/mol. The van der Waals surface area contributed by atoms with E-state index in [4.69, 9.17) is 9.47 Å². The molecule has 0 radical (unpaired) electrons. The van der Waals surface area contributed by atoms with E-state index in [1.54, 1.807) is 24.3 Å². The lowest BCUT2D eigenvalue weighted by molar-refractivity contribution is -0.918. The lowest BCUT2D eigenvalue weighted by atomic mass is 10.0. The van der Waals surface area contributed by atoms with Crippen molar-refractivity contribution in [3.8, 4) is 17.2 Å². The molecule has 0 bridgehead atoms. The van der Waals surface area contributed by atoms with E-state index in [2.05, 4.69) is 10.5 Å². The maximum Gasteiger partial charge on any atom is 0.271 e. The van der Waals surface area contributed by atoms with Crippen molar-refractivity contribution in [3.05, 3.63) is 53.1 Å². The number of hydrogen-bond acceptors (Lipinski definition) is 5. The van der Waals surface area contributed by atoms with Crippen molar-refractivity contribution in [2.75, 3.05) is 19.9 Å². The van der Waals surface area contributed by atoms with Gasteiger partial charge in [-0.05, 0) is 68.1 Å². The molecule has 7 heteroatoms. The van der Waals surface area contributed by atoms with Crippen LogP contribution in [0, 0.1) is 0 Å². The molecule has 2 aliphatic rings. The number of benzene rings is 2. The van der Waals surface area contributed by atoms with E-state index in [0.717, 1.165) is 30.8 Å². The number of carbonyl (C=O) groups is 1. The zero-order valence-electron chi connectivity index (χ0n) is 16.5. The Morgan fingerprint density at radius 3 is 2.66 bits per heavy atom. The van der Waals surface area contributed by atoms with E-state index < -0.39 is 0 Å². The van der Waals surface area contributed by atoms with Crippen molar-refractivity contribution >= 4 is 11.6 Å². The van der Waals surface area contributed by atoms with Crippen molar-refractivity contribution in [3.63, 3.8) is 0 Å². The minimum atomic E-state index is -0.320. The molecule has 29 heavy (non-hydrogen) atoms. The molecule has 1 saturated heterocycles. The number of quaternary nitrogens is 1. The number of likely N-dealkylation sites (tertiary alicyclic amines) is 1. The van der Waals surface area contributed by atoms with Gasteiger partial charge in [-0.3, -0.25) is 4.79 Å². The molecular formula is C22H26N3O4+. The van der Waals surface area contributed by atoms with E-state index in [0.29, 0.717) is 28.5 Å². The number of piperidine rings is 1. The van der Waals surface area contributed by atoms with Gasteiger partial charge in [-0.15, -0.1) is 0 Å². The van der Waals surface area contributed by atoms with Gasteiger partial charge in [0.1, 0.15) is 12.3 Å². The minimum Gasteiger partial charge on any atom is -0.507 e. The number of phenols is 1. The quantitative estimate of drug-likeness (QED) is 0.532. The number of hydrogen-bond donors (Lipinski definition) is 3. The Morgan fingerprint density at radius 1 is 1.07 bits per heavy atom. The molecule has 1 amide bonds. The average Bonchev–Trinajstić information content (AvgIpc) is 3.22. The topological polar surface area (TPSA) is 84.6 Å². The molecule has 0 saturated carbocycles. The monoisotopic (exact) mass is 396 g/mol. The summed E-state index contributed by atoms with van der Waals surface area (Å²) in [5, 5.41) is 14.5. The van der Waals surface area contributed by atoms with Gasteiger partial charge < -0.3 is 19.5 Å². The van der Waals surface area contributed by atoms with E-state index in [-0.39, 0.29) is 12.7 Å². The fraction of sp³-hybridized carbons (Fsp3) is 0.364. The number of aromatic hydroxyl groups is 1. The third-order valence-electron chi connectivity index (χ3n) is 5.46. The molecule has 7 nitrogen and oxygen atoms in total. The largest absolute Gasteiger partial charge is 0.507 e. The summed E-state index contributed by atoms with van der Waals surface area (Å²) in [4.78, 5) is 13.9. The summed E-state index contributed by atoms with van der Waals surface area (Å²) in [6.45, 7) is 5.09.